The van der Waals surface area contributed by atoms with Gasteiger partial charge in [-0.05, 0) is 43.4 Å². The first-order chi connectivity index (χ1) is 12.8. The van der Waals surface area contributed by atoms with E-state index in [1.54, 1.807) is 43.3 Å². The number of nitrogens with one attached hydrogen (secondary N) is 2. The summed E-state index contributed by atoms with van der Waals surface area (Å²) in [5, 5.41) is 6.21. The number of carbonyl (C=O) groups is 2. The molecule has 9 heteroatoms. The van der Waals surface area contributed by atoms with E-state index in [2.05, 4.69) is 10.6 Å². The van der Waals surface area contributed by atoms with Crippen LogP contribution in [0.15, 0.2) is 36.4 Å². The predicted molar refractivity (Wildman–Crippen MR) is 109 cm³/mol. The zero-order chi connectivity index (χ0) is 20.0. The van der Waals surface area contributed by atoms with Crippen molar-refractivity contribution in [1.82, 2.24) is 4.90 Å². The molecule has 0 heterocycles. The van der Waals surface area contributed by atoms with Crippen LogP contribution in [0.3, 0.4) is 0 Å². The Balaban J connectivity index is 1.86. The molecule has 0 unspecified atom stereocenters. The van der Waals surface area contributed by atoms with Gasteiger partial charge in [0.2, 0.25) is 11.8 Å². The smallest absolute Gasteiger partial charge is 0.238 e. The molecule has 144 valence electrons. The molecule has 0 saturated carbocycles. The summed E-state index contributed by atoms with van der Waals surface area (Å²) in [7, 11) is 3.22. The highest BCUT2D eigenvalue weighted by molar-refractivity contribution is 6.42. The number of nitrogens with zero attached hydrogens (tertiary/aromatic N) is 1. The summed E-state index contributed by atoms with van der Waals surface area (Å²) in [6.45, 7) is 0.00679. The number of methoxy groups -OCH3 is 1. The lowest BCUT2D eigenvalue weighted by molar-refractivity contribution is -0.119. The molecule has 0 aliphatic heterocycles. The fourth-order valence-electron chi connectivity index (χ4n) is 2.26. The Labute approximate surface area is 172 Å². The first-order valence-corrected chi connectivity index (χ1v) is 8.98. The molecule has 2 rings (SSSR count). The molecule has 27 heavy (non-hydrogen) atoms. The third-order valence-corrected chi connectivity index (χ3v) is 4.29. The Morgan fingerprint density at radius 2 is 1.48 bits per heavy atom. The highest BCUT2D eigenvalue weighted by atomic mass is 35.5. The number of hydrogen-bond acceptors (Lipinski definition) is 4. The number of rotatable bonds is 7. The SMILES string of the molecule is COc1ccc(NC(=O)CN(C)CC(=O)Nc2c(Cl)cc(Cl)cc2Cl)cc1. The average Bonchev–Trinajstić information content (AvgIpc) is 2.58. The Morgan fingerprint density at radius 3 is 2.00 bits per heavy atom. The fraction of sp³-hybridized carbons (Fsp3) is 0.222. The number of likely N-dealkylation sites (N-methyl/N-ethyl adjacent to an activating group) is 1. The van der Waals surface area contributed by atoms with Crippen LogP contribution < -0.4 is 15.4 Å². The maximum atomic E-state index is 12.2. The average molecular weight is 431 g/mol. The molecule has 0 aliphatic rings. The lowest BCUT2D eigenvalue weighted by Gasteiger charge is -2.17. The summed E-state index contributed by atoms with van der Waals surface area (Å²) in [6, 6.07) is 9.91. The largest absolute Gasteiger partial charge is 0.497 e. The molecule has 2 aromatic rings. The van der Waals surface area contributed by atoms with Crippen LogP contribution in [-0.4, -0.2) is 44.0 Å². The quantitative estimate of drug-likeness (QED) is 0.692. The molecule has 0 radical (unpaired) electrons. The second-order valence-corrected chi connectivity index (χ2v) is 6.99. The van der Waals surface area contributed by atoms with E-state index in [1.165, 1.54) is 12.1 Å². The first-order valence-electron chi connectivity index (χ1n) is 7.85. The first kappa shape index (κ1) is 21.3. The van der Waals surface area contributed by atoms with Gasteiger partial charge in [-0.2, -0.15) is 0 Å². The van der Waals surface area contributed by atoms with Gasteiger partial charge in [-0.15, -0.1) is 0 Å². The lowest BCUT2D eigenvalue weighted by Crippen LogP contribution is -2.36. The van der Waals surface area contributed by atoms with Crippen molar-refractivity contribution in [3.05, 3.63) is 51.5 Å². The standard InChI is InChI=1S/C18H18Cl3N3O3/c1-24(9-16(25)22-12-3-5-13(27-2)6-4-12)10-17(26)23-18-14(20)7-11(19)8-15(18)21/h3-8H,9-10H2,1-2H3,(H,22,25)(H,23,26). The summed E-state index contributed by atoms with van der Waals surface area (Å²) < 4.78 is 5.06. The van der Waals surface area contributed by atoms with Crippen molar-refractivity contribution in [1.29, 1.82) is 0 Å². The number of benzene rings is 2. The van der Waals surface area contributed by atoms with E-state index in [0.717, 1.165) is 0 Å². The van der Waals surface area contributed by atoms with Crippen molar-refractivity contribution in [2.75, 3.05) is 37.9 Å². The third-order valence-electron chi connectivity index (χ3n) is 3.47. The molecular weight excluding hydrogens is 413 g/mol. The number of carbonyl (C=O) groups excluding carboxylic acids is 2. The Hall–Kier alpha value is -1.99. The van der Waals surface area contributed by atoms with E-state index >= 15 is 0 Å². The van der Waals surface area contributed by atoms with E-state index in [0.29, 0.717) is 16.5 Å². The van der Waals surface area contributed by atoms with Crippen LogP contribution in [-0.2, 0) is 9.59 Å². The molecule has 2 N–H and O–H groups in total. The van der Waals surface area contributed by atoms with Crippen LogP contribution in [0, 0.1) is 0 Å². The zero-order valence-corrected chi connectivity index (χ0v) is 17.0. The van der Waals surface area contributed by atoms with Gasteiger partial charge in [0.1, 0.15) is 5.75 Å². The molecular formula is C18H18Cl3N3O3. The van der Waals surface area contributed by atoms with Crippen molar-refractivity contribution in [3.8, 4) is 5.75 Å². The van der Waals surface area contributed by atoms with Crippen LogP contribution in [0.1, 0.15) is 0 Å². The molecule has 0 spiro atoms. The van der Waals surface area contributed by atoms with Gasteiger partial charge in [0.05, 0.1) is 35.9 Å². The van der Waals surface area contributed by atoms with E-state index in [4.69, 9.17) is 39.5 Å². The minimum absolute atomic E-state index is 0.0225. The molecule has 0 bridgehead atoms. The highest BCUT2D eigenvalue weighted by Crippen LogP contribution is 2.33. The second-order valence-electron chi connectivity index (χ2n) is 5.74. The van der Waals surface area contributed by atoms with Gasteiger partial charge < -0.3 is 15.4 Å². The summed E-state index contributed by atoms with van der Waals surface area (Å²) in [5.41, 5.74) is 0.919. The molecule has 0 aromatic heterocycles. The van der Waals surface area contributed by atoms with Gasteiger partial charge in [-0.3, -0.25) is 14.5 Å². The van der Waals surface area contributed by atoms with Gasteiger partial charge in [-0.25, -0.2) is 0 Å². The third kappa shape index (κ3) is 6.59. The highest BCUT2D eigenvalue weighted by Gasteiger charge is 2.14. The van der Waals surface area contributed by atoms with Gasteiger partial charge in [0.25, 0.3) is 0 Å². The van der Waals surface area contributed by atoms with E-state index in [1.807, 2.05) is 0 Å². The Kier molecular flexibility index (Phi) is 7.74. The number of anilines is 2. The van der Waals surface area contributed by atoms with Crippen molar-refractivity contribution < 1.29 is 14.3 Å². The molecule has 6 nitrogen and oxygen atoms in total. The summed E-state index contributed by atoms with van der Waals surface area (Å²) in [6.07, 6.45) is 0. The molecule has 0 saturated heterocycles. The molecule has 2 aromatic carbocycles. The van der Waals surface area contributed by atoms with Crippen LogP contribution in [0.25, 0.3) is 0 Å². The topological polar surface area (TPSA) is 70.7 Å². The summed E-state index contributed by atoms with van der Waals surface area (Å²) in [5.74, 6) is 0.0835. The normalized spacial score (nSPS) is 10.6. The molecule has 0 atom stereocenters. The van der Waals surface area contributed by atoms with Gasteiger partial charge in [0.15, 0.2) is 0 Å². The number of halogens is 3. The van der Waals surface area contributed by atoms with E-state index < -0.39 is 0 Å². The van der Waals surface area contributed by atoms with Crippen molar-refractivity contribution in [2.24, 2.45) is 0 Å². The van der Waals surface area contributed by atoms with Crippen molar-refractivity contribution in [2.45, 2.75) is 0 Å². The molecule has 0 fully saturated rings. The van der Waals surface area contributed by atoms with Crippen LogP contribution in [0.4, 0.5) is 11.4 Å². The summed E-state index contributed by atoms with van der Waals surface area (Å²) in [4.78, 5) is 25.8. The fourth-order valence-corrected chi connectivity index (χ4v) is 3.17. The minimum atomic E-state index is -0.360. The van der Waals surface area contributed by atoms with Crippen LogP contribution in [0.5, 0.6) is 5.75 Å². The summed E-state index contributed by atoms with van der Waals surface area (Å²) >= 11 is 17.9. The van der Waals surface area contributed by atoms with Crippen molar-refractivity contribution in [3.63, 3.8) is 0 Å². The zero-order valence-electron chi connectivity index (χ0n) is 14.7. The van der Waals surface area contributed by atoms with Gasteiger partial charge in [-0.1, -0.05) is 34.8 Å². The van der Waals surface area contributed by atoms with E-state index in [9.17, 15) is 9.59 Å². The second kappa shape index (κ2) is 9.80. The Bertz CT molecular complexity index is 805. The lowest BCUT2D eigenvalue weighted by atomic mass is 10.3. The number of ether oxygens (including phenoxy) is 1. The maximum Gasteiger partial charge on any atom is 0.238 e. The maximum absolute atomic E-state index is 12.2. The van der Waals surface area contributed by atoms with Crippen LogP contribution >= 0.6 is 34.8 Å². The van der Waals surface area contributed by atoms with Crippen molar-refractivity contribution >= 4 is 58.0 Å². The number of amides is 2. The van der Waals surface area contributed by atoms with E-state index in [-0.39, 0.29) is 40.6 Å². The Morgan fingerprint density at radius 1 is 0.963 bits per heavy atom. The predicted octanol–water partition coefficient (Wildman–Crippen LogP) is 4.16. The minimum Gasteiger partial charge on any atom is -0.497 e. The van der Waals surface area contributed by atoms with Crippen LogP contribution in [0.2, 0.25) is 15.1 Å². The number of hydrogen-bond donors (Lipinski definition) is 2. The van der Waals surface area contributed by atoms with Gasteiger partial charge >= 0.3 is 0 Å². The monoisotopic (exact) mass is 429 g/mol. The molecule has 0 aliphatic carbocycles. The van der Waals surface area contributed by atoms with Gasteiger partial charge in [0, 0.05) is 10.7 Å². The molecule has 2 amide bonds.